The normalized spacial score (nSPS) is 15.4. The number of aryl methyl sites for hydroxylation is 2. The number of anilines is 1. The van der Waals surface area contributed by atoms with Crippen LogP contribution in [0.2, 0.25) is 0 Å². The molecule has 0 bridgehead atoms. The first kappa shape index (κ1) is 17.3. The van der Waals surface area contributed by atoms with Gasteiger partial charge in [0.05, 0.1) is 6.61 Å². The fraction of sp³-hybridized carbons (Fsp3) is 0.529. The Morgan fingerprint density at radius 3 is 2.80 bits per heavy atom. The second-order valence-electron chi connectivity index (χ2n) is 6.26. The summed E-state index contributed by atoms with van der Waals surface area (Å²) < 4.78 is 9.92. The smallest absolute Gasteiger partial charge is 0.256 e. The van der Waals surface area contributed by atoms with E-state index in [4.69, 9.17) is 9.26 Å². The number of ether oxygens (including phenoxy) is 1. The predicted molar refractivity (Wildman–Crippen MR) is 91.4 cm³/mol. The largest absolute Gasteiger partial charge is 0.378 e. The first-order valence-corrected chi connectivity index (χ1v) is 8.37. The lowest BCUT2D eigenvalue weighted by molar-refractivity contribution is 0.0926. The van der Waals surface area contributed by atoms with E-state index in [9.17, 15) is 4.79 Å². The highest BCUT2D eigenvalue weighted by Gasteiger charge is 2.24. The predicted octanol–water partition coefficient (Wildman–Crippen LogP) is 1.63. The second kappa shape index (κ2) is 7.60. The lowest BCUT2D eigenvalue weighted by Gasteiger charge is -2.33. The molecule has 3 heterocycles. The molecule has 0 atom stereocenters. The van der Waals surface area contributed by atoms with E-state index in [0.717, 1.165) is 43.3 Å². The van der Waals surface area contributed by atoms with Gasteiger partial charge in [-0.3, -0.25) is 4.79 Å². The van der Waals surface area contributed by atoms with E-state index in [-0.39, 0.29) is 18.6 Å². The molecule has 1 fully saturated rings. The molecule has 1 aliphatic rings. The van der Waals surface area contributed by atoms with Crippen LogP contribution in [0.5, 0.6) is 0 Å². The first-order chi connectivity index (χ1) is 12.1. The van der Waals surface area contributed by atoms with E-state index in [1.807, 2.05) is 19.9 Å². The number of piperidine rings is 1. The molecule has 8 heteroatoms. The maximum Gasteiger partial charge on any atom is 0.256 e. The lowest BCUT2D eigenvalue weighted by Crippen LogP contribution is -2.45. The molecule has 1 amide bonds. The van der Waals surface area contributed by atoms with Crippen molar-refractivity contribution >= 4 is 11.7 Å². The zero-order valence-corrected chi connectivity index (χ0v) is 14.8. The molecule has 1 saturated heterocycles. The third-order valence-electron chi connectivity index (χ3n) is 4.28. The van der Waals surface area contributed by atoms with Crippen LogP contribution < -0.4 is 10.2 Å². The van der Waals surface area contributed by atoms with Gasteiger partial charge in [0.25, 0.3) is 5.91 Å². The van der Waals surface area contributed by atoms with Gasteiger partial charge in [-0.2, -0.15) is 0 Å². The van der Waals surface area contributed by atoms with Crippen molar-refractivity contribution in [2.75, 3.05) is 25.1 Å². The average molecular weight is 345 g/mol. The molecule has 25 heavy (non-hydrogen) atoms. The minimum Gasteiger partial charge on any atom is -0.378 e. The fourth-order valence-electron chi connectivity index (χ4n) is 3.06. The number of rotatable bonds is 5. The number of methoxy groups -OCH3 is 1. The van der Waals surface area contributed by atoms with Crippen LogP contribution in [-0.2, 0) is 11.3 Å². The van der Waals surface area contributed by atoms with Crippen LogP contribution in [0.25, 0.3) is 0 Å². The van der Waals surface area contributed by atoms with Crippen molar-refractivity contribution in [2.45, 2.75) is 39.3 Å². The number of aromatic nitrogens is 3. The lowest BCUT2D eigenvalue weighted by atomic mass is 10.0. The summed E-state index contributed by atoms with van der Waals surface area (Å²) in [5.41, 5.74) is 1.92. The van der Waals surface area contributed by atoms with Crippen LogP contribution in [0, 0.1) is 13.8 Å². The van der Waals surface area contributed by atoms with Gasteiger partial charge in [-0.05, 0) is 26.7 Å². The number of carbonyl (C=O) groups excluding carboxylic acids is 1. The zero-order valence-electron chi connectivity index (χ0n) is 14.8. The van der Waals surface area contributed by atoms with Crippen molar-refractivity contribution in [2.24, 2.45) is 0 Å². The number of hydrogen-bond acceptors (Lipinski definition) is 7. The molecule has 2 aromatic heterocycles. The summed E-state index contributed by atoms with van der Waals surface area (Å²) in [5, 5.41) is 6.87. The minimum atomic E-state index is -0.166. The van der Waals surface area contributed by atoms with Gasteiger partial charge < -0.3 is 19.5 Å². The second-order valence-corrected chi connectivity index (χ2v) is 6.26. The summed E-state index contributed by atoms with van der Waals surface area (Å²) >= 11 is 0. The third kappa shape index (κ3) is 4.14. The van der Waals surface area contributed by atoms with Gasteiger partial charge in [0.15, 0.2) is 0 Å². The van der Waals surface area contributed by atoms with Gasteiger partial charge in [0.2, 0.25) is 0 Å². The Labute approximate surface area is 146 Å². The third-order valence-corrected chi connectivity index (χ3v) is 4.28. The van der Waals surface area contributed by atoms with E-state index in [1.54, 1.807) is 7.11 Å². The highest BCUT2D eigenvalue weighted by Crippen LogP contribution is 2.19. The molecule has 2 aromatic rings. The van der Waals surface area contributed by atoms with Crippen molar-refractivity contribution in [3.63, 3.8) is 0 Å². The Morgan fingerprint density at radius 1 is 1.36 bits per heavy atom. The molecule has 0 radical (unpaired) electrons. The number of amides is 1. The van der Waals surface area contributed by atoms with Crippen LogP contribution >= 0.6 is 0 Å². The van der Waals surface area contributed by atoms with Crippen LogP contribution in [-0.4, -0.2) is 47.3 Å². The molecule has 8 nitrogen and oxygen atoms in total. The number of nitrogens with zero attached hydrogens (tertiary/aromatic N) is 4. The highest BCUT2D eigenvalue weighted by atomic mass is 16.5. The Bertz CT molecular complexity index is 717. The number of hydrogen-bond donors (Lipinski definition) is 1. The molecule has 1 aliphatic heterocycles. The van der Waals surface area contributed by atoms with Crippen molar-refractivity contribution < 1.29 is 14.1 Å². The Morgan fingerprint density at radius 2 is 2.12 bits per heavy atom. The fourth-order valence-corrected chi connectivity index (χ4v) is 3.06. The van der Waals surface area contributed by atoms with Gasteiger partial charge in [-0.25, -0.2) is 9.97 Å². The summed E-state index contributed by atoms with van der Waals surface area (Å²) in [4.78, 5) is 23.5. The Balaban J connectivity index is 1.57. The van der Waals surface area contributed by atoms with Crippen LogP contribution in [0.4, 0.5) is 5.82 Å². The SMILES string of the molecule is COCc1nocc1C(=O)NC1CCN(c2cc(C)nc(C)n2)CC1. The summed E-state index contributed by atoms with van der Waals surface area (Å²) in [6, 6.07) is 2.12. The molecular formula is C17H23N5O3. The molecule has 0 aliphatic carbocycles. The van der Waals surface area contributed by atoms with E-state index < -0.39 is 0 Å². The molecule has 0 saturated carbocycles. The molecular weight excluding hydrogens is 322 g/mol. The van der Waals surface area contributed by atoms with E-state index in [1.165, 1.54) is 6.26 Å². The van der Waals surface area contributed by atoms with Gasteiger partial charge in [-0.15, -0.1) is 0 Å². The highest BCUT2D eigenvalue weighted by molar-refractivity contribution is 5.95. The van der Waals surface area contributed by atoms with E-state index in [2.05, 4.69) is 25.3 Å². The summed E-state index contributed by atoms with van der Waals surface area (Å²) in [5.74, 6) is 1.57. The quantitative estimate of drug-likeness (QED) is 0.880. The summed E-state index contributed by atoms with van der Waals surface area (Å²) in [7, 11) is 1.56. The first-order valence-electron chi connectivity index (χ1n) is 8.37. The van der Waals surface area contributed by atoms with Crippen LogP contribution in [0.3, 0.4) is 0 Å². The monoisotopic (exact) mass is 345 g/mol. The van der Waals surface area contributed by atoms with Gasteiger partial charge in [0.1, 0.15) is 29.2 Å². The number of carbonyl (C=O) groups is 1. The molecule has 0 unspecified atom stereocenters. The van der Waals surface area contributed by atoms with Crippen LogP contribution in [0.15, 0.2) is 16.9 Å². The molecule has 1 N–H and O–H groups in total. The van der Waals surface area contributed by atoms with Gasteiger partial charge in [-0.1, -0.05) is 5.16 Å². The van der Waals surface area contributed by atoms with Crippen molar-refractivity contribution in [3.05, 3.63) is 35.1 Å². The molecule has 0 spiro atoms. The molecule has 134 valence electrons. The van der Waals surface area contributed by atoms with Crippen molar-refractivity contribution in [1.82, 2.24) is 20.4 Å². The van der Waals surface area contributed by atoms with Gasteiger partial charge >= 0.3 is 0 Å². The minimum absolute atomic E-state index is 0.123. The maximum atomic E-state index is 12.4. The summed E-state index contributed by atoms with van der Waals surface area (Å²) in [6.07, 6.45) is 3.09. The number of nitrogens with one attached hydrogen (secondary N) is 1. The molecule has 0 aromatic carbocycles. The Kier molecular flexibility index (Phi) is 5.28. The van der Waals surface area contributed by atoms with Crippen LogP contribution in [0.1, 0.15) is 40.4 Å². The maximum absolute atomic E-state index is 12.4. The average Bonchev–Trinajstić information content (AvgIpc) is 3.03. The topological polar surface area (TPSA) is 93.4 Å². The van der Waals surface area contributed by atoms with Crippen molar-refractivity contribution in [3.8, 4) is 0 Å². The Hall–Kier alpha value is -2.48. The summed E-state index contributed by atoms with van der Waals surface area (Å²) in [6.45, 7) is 5.82. The van der Waals surface area contributed by atoms with E-state index in [0.29, 0.717) is 11.3 Å². The van der Waals surface area contributed by atoms with Crippen molar-refractivity contribution in [1.29, 1.82) is 0 Å². The standard InChI is InChI=1S/C17H23N5O3/c1-11-8-16(19-12(2)18-11)22-6-4-13(5-7-22)20-17(23)14-9-25-21-15(14)10-24-3/h8-9,13H,4-7,10H2,1-3H3,(H,20,23). The van der Waals surface area contributed by atoms with Gasteiger partial charge in [0, 0.05) is 38.0 Å². The van der Waals surface area contributed by atoms with E-state index >= 15 is 0 Å². The zero-order chi connectivity index (χ0) is 17.8. The molecule has 3 rings (SSSR count).